The summed E-state index contributed by atoms with van der Waals surface area (Å²) in [5.41, 5.74) is 2.94. The minimum atomic E-state index is -0.207. The Labute approximate surface area is 115 Å². The van der Waals surface area contributed by atoms with Gasteiger partial charge in [0.2, 0.25) is 0 Å². The van der Waals surface area contributed by atoms with Crippen LogP contribution in [0.1, 0.15) is 10.4 Å². The predicted molar refractivity (Wildman–Crippen MR) is 77.0 cm³/mol. The van der Waals surface area contributed by atoms with Gasteiger partial charge in [0.25, 0.3) is 5.91 Å². The number of hydrogen-bond acceptors (Lipinski definition) is 3. The molecule has 0 spiro atoms. The van der Waals surface area contributed by atoms with Gasteiger partial charge in [0.05, 0.1) is 30.0 Å². The number of nitrogens with one attached hydrogen (secondary N) is 2. The second kappa shape index (κ2) is 5.05. The second-order valence-corrected chi connectivity index (χ2v) is 4.29. The number of carbonyl (C=O) groups is 1. The zero-order valence-corrected chi connectivity index (χ0v) is 10.9. The maximum Gasteiger partial charge on any atom is 0.259 e. The molecule has 0 atom stereocenters. The van der Waals surface area contributed by atoms with Crippen molar-refractivity contribution < 1.29 is 9.53 Å². The first kappa shape index (κ1) is 12.2. The van der Waals surface area contributed by atoms with E-state index in [0.717, 1.165) is 11.0 Å². The highest BCUT2D eigenvalue weighted by molar-refractivity contribution is 6.06. The van der Waals surface area contributed by atoms with Crippen molar-refractivity contribution in [3.8, 4) is 5.75 Å². The molecule has 2 aromatic carbocycles. The summed E-state index contributed by atoms with van der Waals surface area (Å²) < 4.78 is 5.19. The number of hydrogen-bond donors (Lipinski definition) is 2. The van der Waals surface area contributed by atoms with Gasteiger partial charge in [-0.05, 0) is 30.3 Å². The molecule has 0 saturated carbocycles. The quantitative estimate of drug-likeness (QED) is 0.766. The summed E-state index contributed by atoms with van der Waals surface area (Å²) in [4.78, 5) is 19.4. The molecule has 1 aromatic heterocycles. The Morgan fingerprint density at radius 2 is 2.10 bits per heavy atom. The van der Waals surface area contributed by atoms with Crippen molar-refractivity contribution >= 4 is 22.6 Å². The van der Waals surface area contributed by atoms with Crippen LogP contribution >= 0.6 is 0 Å². The lowest BCUT2D eigenvalue weighted by Gasteiger charge is -2.09. The molecule has 3 aromatic rings. The van der Waals surface area contributed by atoms with Crippen LogP contribution < -0.4 is 10.1 Å². The lowest BCUT2D eigenvalue weighted by Crippen LogP contribution is -2.13. The van der Waals surface area contributed by atoms with Crippen molar-refractivity contribution in [2.24, 2.45) is 0 Å². The average Bonchev–Trinajstić information content (AvgIpc) is 2.94. The Hall–Kier alpha value is -2.82. The van der Waals surface area contributed by atoms with Crippen LogP contribution in [-0.4, -0.2) is 23.0 Å². The van der Waals surface area contributed by atoms with E-state index in [4.69, 9.17) is 4.74 Å². The van der Waals surface area contributed by atoms with Crippen LogP contribution in [0.15, 0.2) is 48.8 Å². The number of para-hydroxylation sites is 1. The normalized spacial score (nSPS) is 10.4. The number of nitrogens with zero attached hydrogens (tertiary/aromatic N) is 1. The molecule has 0 fully saturated rings. The fraction of sp³-hybridized carbons (Fsp3) is 0.0667. The molecule has 0 bridgehead atoms. The van der Waals surface area contributed by atoms with Crippen LogP contribution in [-0.2, 0) is 0 Å². The van der Waals surface area contributed by atoms with Gasteiger partial charge in [-0.15, -0.1) is 0 Å². The number of aromatic nitrogens is 2. The van der Waals surface area contributed by atoms with Crippen molar-refractivity contribution in [2.75, 3.05) is 12.4 Å². The third-order valence-corrected chi connectivity index (χ3v) is 3.03. The third kappa shape index (κ3) is 2.21. The van der Waals surface area contributed by atoms with E-state index in [0.29, 0.717) is 17.0 Å². The van der Waals surface area contributed by atoms with E-state index in [2.05, 4.69) is 15.3 Å². The standard InChI is InChI=1S/C15H13N3O2/c1-20-14-5-3-2-4-11(14)15(19)18-10-6-7-12-13(8-10)17-9-16-12/h2-9H,1H3,(H,16,17)(H,18,19). The van der Waals surface area contributed by atoms with E-state index < -0.39 is 0 Å². The van der Waals surface area contributed by atoms with Gasteiger partial charge in [-0.3, -0.25) is 4.79 Å². The van der Waals surface area contributed by atoms with Crippen molar-refractivity contribution in [1.29, 1.82) is 0 Å². The van der Waals surface area contributed by atoms with Gasteiger partial charge >= 0.3 is 0 Å². The van der Waals surface area contributed by atoms with Gasteiger partial charge in [0.1, 0.15) is 5.75 Å². The van der Waals surface area contributed by atoms with Gasteiger partial charge in [-0.25, -0.2) is 4.98 Å². The van der Waals surface area contributed by atoms with Crippen molar-refractivity contribution in [2.45, 2.75) is 0 Å². The second-order valence-electron chi connectivity index (χ2n) is 4.29. The number of fused-ring (bicyclic) bond motifs is 1. The summed E-state index contributed by atoms with van der Waals surface area (Å²) in [6.45, 7) is 0. The first-order valence-electron chi connectivity index (χ1n) is 6.15. The molecule has 3 rings (SSSR count). The Bertz CT molecular complexity index is 764. The Balaban J connectivity index is 1.88. The molecule has 0 radical (unpaired) electrons. The molecule has 0 saturated heterocycles. The Morgan fingerprint density at radius 1 is 1.25 bits per heavy atom. The molecule has 100 valence electrons. The van der Waals surface area contributed by atoms with Crippen LogP contribution in [0.25, 0.3) is 11.0 Å². The van der Waals surface area contributed by atoms with Crippen LogP contribution in [0.4, 0.5) is 5.69 Å². The monoisotopic (exact) mass is 267 g/mol. The molecular formula is C15H13N3O2. The van der Waals surface area contributed by atoms with Crippen LogP contribution in [0.3, 0.4) is 0 Å². The molecule has 20 heavy (non-hydrogen) atoms. The lowest BCUT2D eigenvalue weighted by atomic mass is 10.2. The van der Waals surface area contributed by atoms with Crippen molar-refractivity contribution in [3.63, 3.8) is 0 Å². The molecule has 2 N–H and O–H groups in total. The number of carbonyl (C=O) groups excluding carboxylic acids is 1. The number of imidazole rings is 1. The average molecular weight is 267 g/mol. The maximum atomic E-state index is 12.3. The first-order valence-corrected chi connectivity index (χ1v) is 6.15. The van der Waals surface area contributed by atoms with Gasteiger partial charge in [0.15, 0.2) is 0 Å². The number of aromatic amines is 1. The summed E-state index contributed by atoms with van der Waals surface area (Å²) in [7, 11) is 1.54. The van der Waals surface area contributed by atoms with Crippen LogP contribution in [0, 0.1) is 0 Å². The number of anilines is 1. The minimum Gasteiger partial charge on any atom is -0.496 e. The van der Waals surface area contributed by atoms with E-state index >= 15 is 0 Å². The molecule has 0 aliphatic rings. The maximum absolute atomic E-state index is 12.3. The molecule has 0 aliphatic heterocycles. The first-order chi connectivity index (χ1) is 9.78. The van der Waals surface area contributed by atoms with Crippen LogP contribution in [0.2, 0.25) is 0 Å². The zero-order chi connectivity index (χ0) is 13.9. The largest absolute Gasteiger partial charge is 0.496 e. The highest BCUT2D eigenvalue weighted by Crippen LogP contribution is 2.20. The zero-order valence-electron chi connectivity index (χ0n) is 10.9. The number of methoxy groups -OCH3 is 1. The Kier molecular flexibility index (Phi) is 3.09. The molecular weight excluding hydrogens is 254 g/mol. The van der Waals surface area contributed by atoms with Crippen molar-refractivity contribution in [3.05, 3.63) is 54.4 Å². The summed E-state index contributed by atoms with van der Waals surface area (Å²) in [5.74, 6) is 0.342. The molecule has 0 aliphatic carbocycles. The van der Waals surface area contributed by atoms with E-state index in [-0.39, 0.29) is 5.91 Å². The summed E-state index contributed by atoms with van der Waals surface area (Å²) >= 11 is 0. The van der Waals surface area contributed by atoms with Gasteiger partial charge in [-0.1, -0.05) is 12.1 Å². The Morgan fingerprint density at radius 3 is 2.95 bits per heavy atom. The van der Waals surface area contributed by atoms with Crippen molar-refractivity contribution in [1.82, 2.24) is 9.97 Å². The molecule has 1 heterocycles. The summed E-state index contributed by atoms with van der Waals surface area (Å²) in [6, 6.07) is 12.6. The fourth-order valence-corrected chi connectivity index (χ4v) is 2.04. The minimum absolute atomic E-state index is 0.207. The molecule has 5 nitrogen and oxygen atoms in total. The number of ether oxygens (including phenoxy) is 1. The number of H-pyrrole nitrogens is 1. The highest BCUT2D eigenvalue weighted by atomic mass is 16.5. The summed E-state index contributed by atoms with van der Waals surface area (Å²) in [5, 5.41) is 2.85. The predicted octanol–water partition coefficient (Wildman–Crippen LogP) is 2.82. The SMILES string of the molecule is COc1ccccc1C(=O)Nc1ccc2nc[nH]c2c1. The van der Waals surface area contributed by atoms with E-state index in [1.54, 1.807) is 31.6 Å². The van der Waals surface area contributed by atoms with E-state index in [1.807, 2.05) is 24.3 Å². The van der Waals surface area contributed by atoms with E-state index in [1.165, 1.54) is 0 Å². The molecule has 5 heteroatoms. The van der Waals surface area contributed by atoms with E-state index in [9.17, 15) is 4.79 Å². The third-order valence-electron chi connectivity index (χ3n) is 3.03. The summed E-state index contributed by atoms with van der Waals surface area (Å²) in [6.07, 6.45) is 1.62. The highest BCUT2D eigenvalue weighted by Gasteiger charge is 2.11. The number of rotatable bonds is 3. The smallest absolute Gasteiger partial charge is 0.259 e. The fourth-order valence-electron chi connectivity index (χ4n) is 2.04. The van der Waals surface area contributed by atoms with Gasteiger partial charge in [-0.2, -0.15) is 0 Å². The molecule has 1 amide bonds. The van der Waals surface area contributed by atoms with Gasteiger partial charge in [0, 0.05) is 5.69 Å². The number of amides is 1. The topological polar surface area (TPSA) is 67.0 Å². The number of benzene rings is 2. The molecule has 0 unspecified atom stereocenters. The lowest BCUT2D eigenvalue weighted by molar-refractivity contribution is 0.102. The van der Waals surface area contributed by atoms with Gasteiger partial charge < -0.3 is 15.0 Å². The van der Waals surface area contributed by atoms with Crippen LogP contribution in [0.5, 0.6) is 5.75 Å².